The number of morpholine rings is 1. The number of hydrogen-bond acceptors (Lipinski definition) is 5. The lowest BCUT2D eigenvalue weighted by molar-refractivity contribution is 0.102. The molecule has 0 aliphatic carbocycles. The van der Waals surface area contributed by atoms with E-state index in [9.17, 15) is 4.79 Å². The smallest absolute Gasteiger partial charge is 0.259 e. The zero-order valence-corrected chi connectivity index (χ0v) is 16.3. The van der Waals surface area contributed by atoms with Crippen molar-refractivity contribution in [3.05, 3.63) is 48.0 Å². The van der Waals surface area contributed by atoms with Gasteiger partial charge >= 0.3 is 0 Å². The number of nitrogens with one attached hydrogen (secondary N) is 1. The van der Waals surface area contributed by atoms with E-state index in [4.69, 9.17) is 9.47 Å². The molecule has 0 atom stereocenters. The van der Waals surface area contributed by atoms with Gasteiger partial charge in [-0.05, 0) is 43.2 Å². The molecule has 6 nitrogen and oxygen atoms in total. The molecule has 4 rings (SSSR count). The molecule has 1 amide bonds. The maximum Gasteiger partial charge on any atom is 0.259 e. The predicted octanol–water partition coefficient (Wildman–Crippen LogP) is 3.38. The van der Waals surface area contributed by atoms with Crippen LogP contribution < -0.4 is 19.9 Å². The van der Waals surface area contributed by atoms with Gasteiger partial charge < -0.3 is 24.6 Å². The first-order chi connectivity index (χ1) is 13.8. The first-order valence-electron chi connectivity index (χ1n) is 9.92. The molecule has 28 heavy (non-hydrogen) atoms. The molecule has 2 saturated heterocycles. The Morgan fingerprint density at radius 1 is 1.00 bits per heavy atom. The van der Waals surface area contributed by atoms with Crippen molar-refractivity contribution >= 4 is 23.0 Å². The minimum Gasteiger partial charge on any atom is -0.496 e. The van der Waals surface area contributed by atoms with Gasteiger partial charge in [-0.25, -0.2) is 0 Å². The third-order valence-electron chi connectivity index (χ3n) is 5.40. The standard InChI is InChI=1S/C22H27N3O3/c1-27-21-7-3-2-6-18(21)22(26)23-19-16-17(24-10-4-5-11-24)8-9-20(19)25-12-14-28-15-13-25/h2-3,6-9,16H,4-5,10-15H2,1H3,(H,23,26). The Hall–Kier alpha value is -2.73. The summed E-state index contributed by atoms with van der Waals surface area (Å²) in [6.07, 6.45) is 2.43. The molecule has 2 aliphatic heterocycles. The molecule has 148 valence electrons. The third kappa shape index (κ3) is 3.92. The highest BCUT2D eigenvalue weighted by atomic mass is 16.5. The highest BCUT2D eigenvalue weighted by Gasteiger charge is 2.20. The van der Waals surface area contributed by atoms with Crippen LogP contribution in [0.25, 0.3) is 0 Å². The van der Waals surface area contributed by atoms with Gasteiger partial charge in [0.25, 0.3) is 5.91 Å². The number of rotatable bonds is 5. The van der Waals surface area contributed by atoms with Crippen molar-refractivity contribution < 1.29 is 14.3 Å². The van der Waals surface area contributed by atoms with E-state index in [1.54, 1.807) is 19.2 Å². The van der Waals surface area contributed by atoms with E-state index in [-0.39, 0.29) is 5.91 Å². The fraction of sp³-hybridized carbons (Fsp3) is 0.409. The molecule has 0 aromatic heterocycles. The number of benzene rings is 2. The summed E-state index contributed by atoms with van der Waals surface area (Å²) in [5, 5.41) is 3.13. The van der Waals surface area contributed by atoms with Crippen LogP contribution >= 0.6 is 0 Å². The average Bonchev–Trinajstić information content (AvgIpc) is 3.29. The lowest BCUT2D eigenvalue weighted by Crippen LogP contribution is -2.36. The van der Waals surface area contributed by atoms with Crippen molar-refractivity contribution in [2.45, 2.75) is 12.8 Å². The van der Waals surface area contributed by atoms with Gasteiger partial charge in [0.15, 0.2) is 0 Å². The van der Waals surface area contributed by atoms with Gasteiger partial charge in [-0.3, -0.25) is 4.79 Å². The molecule has 0 saturated carbocycles. The number of nitrogens with zero attached hydrogens (tertiary/aromatic N) is 2. The van der Waals surface area contributed by atoms with Crippen LogP contribution in [0.2, 0.25) is 0 Å². The van der Waals surface area contributed by atoms with E-state index in [1.165, 1.54) is 12.8 Å². The first-order valence-corrected chi connectivity index (χ1v) is 9.92. The normalized spacial score (nSPS) is 16.9. The van der Waals surface area contributed by atoms with E-state index in [0.717, 1.165) is 43.2 Å². The molecule has 0 unspecified atom stereocenters. The summed E-state index contributed by atoms with van der Waals surface area (Å²) in [6, 6.07) is 13.7. The Balaban J connectivity index is 1.65. The summed E-state index contributed by atoms with van der Waals surface area (Å²) in [4.78, 5) is 17.7. The van der Waals surface area contributed by atoms with E-state index >= 15 is 0 Å². The minimum atomic E-state index is -0.162. The topological polar surface area (TPSA) is 54.0 Å². The van der Waals surface area contributed by atoms with Gasteiger partial charge in [-0.1, -0.05) is 12.1 Å². The summed E-state index contributed by atoms with van der Waals surface area (Å²) in [7, 11) is 1.58. The second-order valence-corrected chi connectivity index (χ2v) is 7.15. The fourth-order valence-electron chi connectivity index (χ4n) is 3.90. The molecular formula is C22H27N3O3. The highest BCUT2D eigenvalue weighted by Crippen LogP contribution is 2.33. The van der Waals surface area contributed by atoms with Crippen LogP contribution in [-0.4, -0.2) is 52.4 Å². The summed E-state index contributed by atoms with van der Waals surface area (Å²) >= 11 is 0. The molecule has 0 bridgehead atoms. The lowest BCUT2D eigenvalue weighted by Gasteiger charge is -2.31. The summed E-state index contributed by atoms with van der Waals surface area (Å²) in [5.74, 6) is 0.411. The zero-order chi connectivity index (χ0) is 19.3. The van der Waals surface area contributed by atoms with Crippen LogP contribution in [0, 0.1) is 0 Å². The zero-order valence-electron chi connectivity index (χ0n) is 16.3. The van der Waals surface area contributed by atoms with Crippen LogP contribution in [-0.2, 0) is 4.74 Å². The fourth-order valence-corrected chi connectivity index (χ4v) is 3.90. The highest BCUT2D eigenvalue weighted by molar-refractivity contribution is 6.08. The number of ether oxygens (including phenoxy) is 2. The van der Waals surface area contributed by atoms with E-state index in [0.29, 0.717) is 24.5 Å². The van der Waals surface area contributed by atoms with E-state index in [1.807, 2.05) is 12.1 Å². The number of anilines is 3. The molecule has 2 aliphatic rings. The minimum absolute atomic E-state index is 0.162. The van der Waals surface area contributed by atoms with Gasteiger partial charge in [0, 0.05) is 31.9 Å². The molecule has 2 fully saturated rings. The quantitative estimate of drug-likeness (QED) is 0.860. The summed E-state index contributed by atoms with van der Waals surface area (Å²) < 4.78 is 10.9. The molecule has 2 heterocycles. The number of para-hydroxylation sites is 1. The van der Waals surface area contributed by atoms with Crippen molar-refractivity contribution in [1.82, 2.24) is 0 Å². The maximum atomic E-state index is 13.0. The van der Waals surface area contributed by atoms with Crippen LogP contribution in [0.4, 0.5) is 17.1 Å². The van der Waals surface area contributed by atoms with E-state index < -0.39 is 0 Å². The largest absolute Gasteiger partial charge is 0.496 e. The first kappa shape index (κ1) is 18.6. The molecule has 6 heteroatoms. The van der Waals surface area contributed by atoms with Gasteiger partial charge in [0.05, 0.1) is 37.3 Å². The molecule has 0 spiro atoms. The van der Waals surface area contributed by atoms with Crippen LogP contribution in [0.5, 0.6) is 5.75 Å². The molecule has 0 radical (unpaired) electrons. The van der Waals surface area contributed by atoms with E-state index in [2.05, 4.69) is 33.3 Å². The number of methoxy groups -OCH3 is 1. The molecular weight excluding hydrogens is 354 g/mol. The summed E-state index contributed by atoms with van der Waals surface area (Å²) in [6.45, 7) is 5.18. The average molecular weight is 381 g/mol. The van der Waals surface area contributed by atoms with Crippen molar-refractivity contribution in [2.75, 3.05) is 61.6 Å². The van der Waals surface area contributed by atoms with Crippen LogP contribution in [0.1, 0.15) is 23.2 Å². The summed E-state index contributed by atoms with van der Waals surface area (Å²) in [5.41, 5.74) is 3.56. The molecule has 1 N–H and O–H groups in total. The van der Waals surface area contributed by atoms with Crippen molar-refractivity contribution in [1.29, 1.82) is 0 Å². The molecule has 2 aromatic carbocycles. The van der Waals surface area contributed by atoms with Crippen LogP contribution in [0.3, 0.4) is 0 Å². The Morgan fingerprint density at radius 2 is 1.75 bits per heavy atom. The maximum absolute atomic E-state index is 13.0. The second kappa shape index (κ2) is 8.52. The van der Waals surface area contributed by atoms with Crippen LogP contribution in [0.15, 0.2) is 42.5 Å². The Bertz CT molecular complexity index is 828. The molecule has 2 aromatic rings. The van der Waals surface area contributed by atoms with Crippen molar-refractivity contribution in [2.24, 2.45) is 0 Å². The SMILES string of the molecule is COc1ccccc1C(=O)Nc1cc(N2CCCC2)ccc1N1CCOCC1. The van der Waals surface area contributed by atoms with Gasteiger partial charge in [0.2, 0.25) is 0 Å². The monoisotopic (exact) mass is 381 g/mol. The van der Waals surface area contributed by atoms with Crippen molar-refractivity contribution in [3.8, 4) is 5.75 Å². The third-order valence-corrected chi connectivity index (χ3v) is 5.40. The Labute approximate surface area is 166 Å². The van der Waals surface area contributed by atoms with Gasteiger partial charge in [0.1, 0.15) is 5.75 Å². The lowest BCUT2D eigenvalue weighted by atomic mass is 10.1. The predicted molar refractivity (Wildman–Crippen MR) is 112 cm³/mol. The van der Waals surface area contributed by atoms with Crippen molar-refractivity contribution in [3.63, 3.8) is 0 Å². The van der Waals surface area contributed by atoms with Gasteiger partial charge in [-0.2, -0.15) is 0 Å². The van der Waals surface area contributed by atoms with Gasteiger partial charge in [-0.15, -0.1) is 0 Å². The number of carbonyl (C=O) groups excluding carboxylic acids is 1. The number of amides is 1. The Kier molecular flexibility index (Phi) is 5.67. The Morgan fingerprint density at radius 3 is 2.50 bits per heavy atom. The second-order valence-electron chi connectivity index (χ2n) is 7.15. The number of hydrogen-bond donors (Lipinski definition) is 1. The number of carbonyl (C=O) groups is 1.